The fourth-order valence-corrected chi connectivity index (χ4v) is 1.07. The molecule has 0 amide bonds. The van der Waals surface area contributed by atoms with Gasteiger partial charge in [-0.2, -0.15) is 4.98 Å². The zero-order valence-corrected chi connectivity index (χ0v) is 7.67. The Morgan fingerprint density at radius 1 is 1.57 bits per heavy atom. The van der Waals surface area contributed by atoms with Crippen molar-refractivity contribution in [2.75, 3.05) is 0 Å². The predicted octanol–water partition coefficient (Wildman–Crippen LogP) is 1.31. The van der Waals surface area contributed by atoms with Crippen molar-refractivity contribution in [2.45, 2.75) is 19.4 Å². The minimum Gasteiger partial charge on any atom is -0.469 e. The van der Waals surface area contributed by atoms with Gasteiger partial charge in [0.15, 0.2) is 5.82 Å². The van der Waals surface area contributed by atoms with Gasteiger partial charge in [0.05, 0.1) is 12.7 Å². The second kappa shape index (κ2) is 3.63. The molecular weight excluding hydrogens is 184 g/mol. The number of furan rings is 1. The minimum atomic E-state index is -0.705. The Morgan fingerprint density at radius 3 is 3.00 bits per heavy atom. The van der Waals surface area contributed by atoms with Crippen LogP contribution in [-0.2, 0) is 6.42 Å². The van der Waals surface area contributed by atoms with Crippen LogP contribution in [0.25, 0.3) is 0 Å². The van der Waals surface area contributed by atoms with Gasteiger partial charge in [0.25, 0.3) is 0 Å². The first-order valence-corrected chi connectivity index (χ1v) is 4.28. The van der Waals surface area contributed by atoms with Gasteiger partial charge in [0.1, 0.15) is 11.9 Å². The van der Waals surface area contributed by atoms with E-state index in [1.807, 2.05) is 6.07 Å². The molecule has 1 N–H and O–H groups in total. The van der Waals surface area contributed by atoms with Crippen molar-refractivity contribution in [2.24, 2.45) is 0 Å². The summed E-state index contributed by atoms with van der Waals surface area (Å²) >= 11 is 0. The van der Waals surface area contributed by atoms with Gasteiger partial charge in [-0.05, 0) is 19.1 Å². The molecule has 14 heavy (non-hydrogen) atoms. The number of aliphatic hydroxyl groups excluding tert-OH is 1. The normalized spacial score (nSPS) is 13.0. The summed E-state index contributed by atoms with van der Waals surface area (Å²) in [4.78, 5) is 4.00. The number of rotatable bonds is 3. The van der Waals surface area contributed by atoms with E-state index in [9.17, 15) is 0 Å². The smallest absolute Gasteiger partial charge is 0.234 e. The monoisotopic (exact) mass is 194 g/mol. The number of hydrogen-bond donors (Lipinski definition) is 1. The van der Waals surface area contributed by atoms with Crippen LogP contribution in [0.3, 0.4) is 0 Å². The van der Waals surface area contributed by atoms with E-state index >= 15 is 0 Å². The van der Waals surface area contributed by atoms with E-state index in [-0.39, 0.29) is 0 Å². The molecule has 2 rings (SSSR count). The van der Waals surface area contributed by atoms with E-state index in [0.29, 0.717) is 18.1 Å². The van der Waals surface area contributed by atoms with Gasteiger partial charge in [0, 0.05) is 0 Å². The molecule has 74 valence electrons. The summed E-state index contributed by atoms with van der Waals surface area (Å²) in [6.45, 7) is 1.58. The summed E-state index contributed by atoms with van der Waals surface area (Å²) in [5.41, 5.74) is 0. The second-order valence-corrected chi connectivity index (χ2v) is 2.98. The Bertz CT molecular complexity index is 392. The van der Waals surface area contributed by atoms with Gasteiger partial charge in [-0.25, -0.2) is 0 Å². The summed E-state index contributed by atoms with van der Waals surface area (Å²) in [7, 11) is 0. The number of hydrogen-bond acceptors (Lipinski definition) is 5. The number of aliphatic hydroxyl groups is 1. The molecule has 1 atom stereocenters. The standard InChI is InChI=1S/C9H10N2O3/c1-6(12)9-10-8(14-11-9)5-7-3-2-4-13-7/h2-4,6,12H,5H2,1H3. The van der Waals surface area contributed by atoms with Gasteiger partial charge in [-0.1, -0.05) is 5.16 Å². The average Bonchev–Trinajstić information content (AvgIpc) is 2.75. The summed E-state index contributed by atoms with van der Waals surface area (Å²) in [5, 5.41) is 12.8. The van der Waals surface area contributed by atoms with E-state index < -0.39 is 6.10 Å². The molecule has 0 aliphatic rings. The first-order valence-electron chi connectivity index (χ1n) is 4.28. The summed E-state index contributed by atoms with van der Waals surface area (Å²) in [6, 6.07) is 3.62. The maximum absolute atomic E-state index is 9.15. The van der Waals surface area contributed by atoms with Crippen molar-refractivity contribution in [1.82, 2.24) is 10.1 Å². The van der Waals surface area contributed by atoms with E-state index in [4.69, 9.17) is 14.0 Å². The molecule has 2 aromatic heterocycles. The van der Waals surface area contributed by atoms with Crippen molar-refractivity contribution < 1.29 is 14.0 Å². The highest BCUT2D eigenvalue weighted by atomic mass is 16.5. The van der Waals surface area contributed by atoms with E-state index in [1.165, 1.54) is 0 Å². The van der Waals surface area contributed by atoms with Gasteiger partial charge >= 0.3 is 0 Å². The Labute approximate surface area is 80.4 Å². The molecule has 1 unspecified atom stereocenters. The van der Waals surface area contributed by atoms with Gasteiger partial charge in [0.2, 0.25) is 5.89 Å². The lowest BCUT2D eigenvalue weighted by atomic mass is 10.3. The van der Waals surface area contributed by atoms with Crippen LogP contribution in [0.4, 0.5) is 0 Å². The van der Waals surface area contributed by atoms with Crippen LogP contribution in [0.15, 0.2) is 27.3 Å². The third kappa shape index (κ3) is 1.82. The third-order valence-electron chi connectivity index (χ3n) is 1.76. The van der Waals surface area contributed by atoms with Crippen LogP contribution >= 0.6 is 0 Å². The van der Waals surface area contributed by atoms with Crippen molar-refractivity contribution in [3.8, 4) is 0 Å². The van der Waals surface area contributed by atoms with Crippen LogP contribution in [0.5, 0.6) is 0 Å². The van der Waals surface area contributed by atoms with Crippen molar-refractivity contribution in [1.29, 1.82) is 0 Å². The third-order valence-corrected chi connectivity index (χ3v) is 1.76. The molecule has 0 saturated carbocycles. The van der Waals surface area contributed by atoms with Crippen LogP contribution in [-0.4, -0.2) is 15.2 Å². The van der Waals surface area contributed by atoms with Crippen LogP contribution in [0.2, 0.25) is 0 Å². The molecule has 0 spiro atoms. The van der Waals surface area contributed by atoms with Gasteiger partial charge in [-0.15, -0.1) is 0 Å². The van der Waals surface area contributed by atoms with E-state index in [2.05, 4.69) is 10.1 Å². The Hall–Kier alpha value is -1.62. The SMILES string of the molecule is CC(O)c1noc(Cc2ccco2)n1. The maximum Gasteiger partial charge on any atom is 0.234 e. The molecule has 0 fully saturated rings. The molecule has 5 nitrogen and oxygen atoms in total. The summed E-state index contributed by atoms with van der Waals surface area (Å²) < 4.78 is 10.0. The van der Waals surface area contributed by atoms with E-state index in [1.54, 1.807) is 19.3 Å². The first-order chi connectivity index (χ1) is 6.75. The van der Waals surface area contributed by atoms with Crippen LogP contribution in [0, 0.1) is 0 Å². The van der Waals surface area contributed by atoms with Gasteiger partial charge < -0.3 is 14.0 Å². The first kappa shape index (κ1) is 8.96. The number of aromatic nitrogens is 2. The highest BCUT2D eigenvalue weighted by Crippen LogP contribution is 2.11. The molecule has 5 heteroatoms. The van der Waals surface area contributed by atoms with Crippen molar-refractivity contribution in [3.63, 3.8) is 0 Å². The fourth-order valence-electron chi connectivity index (χ4n) is 1.07. The van der Waals surface area contributed by atoms with E-state index in [0.717, 1.165) is 5.76 Å². The molecule has 0 aliphatic heterocycles. The topological polar surface area (TPSA) is 72.3 Å². The predicted molar refractivity (Wildman–Crippen MR) is 46.4 cm³/mol. The molecule has 0 radical (unpaired) electrons. The fraction of sp³-hybridized carbons (Fsp3) is 0.333. The summed E-state index contributed by atoms with van der Waals surface area (Å²) in [5.74, 6) is 1.49. The second-order valence-electron chi connectivity index (χ2n) is 2.98. The largest absolute Gasteiger partial charge is 0.469 e. The number of nitrogens with zero attached hydrogens (tertiary/aromatic N) is 2. The van der Waals surface area contributed by atoms with Crippen molar-refractivity contribution in [3.05, 3.63) is 35.9 Å². The molecular formula is C9H10N2O3. The molecule has 2 heterocycles. The average molecular weight is 194 g/mol. The Balaban J connectivity index is 2.11. The highest BCUT2D eigenvalue weighted by molar-refractivity contribution is 5.04. The van der Waals surface area contributed by atoms with Crippen LogP contribution in [0.1, 0.15) is 30.5 Å². The lowest BCUT2D eigenvalue weighted by molar-refractivity contribution is 0.184. The van der Waals surface area contributed by atoms with Crippen molar-refractivity contribution >= 4 is 0 Å². The highest BCUT2D eigenvalue weighted by Gasteiger charge is 2.11. The van der Waals surface area contributed by atoms with Crippen LogP contribution < -0.4 is 0 Å². The zero-order valence-electron chi connectivity index (χ0n) is 7.67. The Morgan fingerprint density at radius 2 is 2.43 bits per heavy atom. The summed E-state index contributed by atoms with van der Waals surface area (Å²) in [6.07, 6.45) is 1.33. The zero-order chi connectivity index (χ0) is 9.97. The minimum absolute atomic E-state index is 0.298. The molecule has 0 saturated heterocycles. The quantitative estimate of drug-likeness (QED) is 0.797. The molecule has 0 aliphatic carbocycles. The molecule has 0 aromatic carbocycles. The molecule has 2 aromatic rings. The molecule has 0 bridgehead atoms. The lowest BCUT2D eigenvalue weighted by Crippen LogP contribution is -1.94. The maximum atomic E-state index is 9.15. The Kier molecular flexibility index (Phi) is 2.32. The van der Waals surface area contributed by atoms with Gasteiger partial charge in [-0.3, -0.25) is 0 Å². The lowest BCUT2D eigenvalue weighted by Gasteiger charge is -1.91.